The molecule has 5 unspecified atom stereocenters. The maximum Gasteiger partial charge on any atom is 0.165 e. The summed E-state index contributed by atoms with van der Waals surface area (Å²) in [7, 11) is 0. The lowest BCUT2D eigenvalue weighted by Crippen LogP contribution is -2.67. The quantitative estimate of drug-likeness (QED) is 0.496. The van der Waals surface area contributed by atoms with E-state index in [1.807, 2.05) is 0 Å². The summed E-state index contributed by atoms with van der Waals surface area (Å²) >= 11 is 0. The molecule has 0 aromatic rings. The van der Waals surface area contributed by atoms with Crippen LogP contribution in [0.2, 0.25) is 0 Å². The SMILES string of the molecule is CCC(CC[C@@H](C)C1CCC2C3CC(=O)[C@@]4(O)C[C@@H](O)CC[C@]4(C)C3CC[C@@]21C)C(C)C. The Morgan fingerprint density at radius 1 is 1.00 bits per heavy atom. The van der Waals surface area contributed by atoms with Crippen molar-refractivity contribution in [2.75, 3.05) is 0 Å². The van der Waals surface area contributed by atoms with Crippen LogP contribution in [0.3, 0.4) is 0 Å². The first-order valence-electron chi connectivity index (χ1n) is 13.9. The maximum absolute atomic E-state index is 13.4. The van der Waals surface area contributed by atoms with Gasteiger partial charge in [-0.1, -0.05) is 54.4 Å². The molecule has 2 N–H and O–H groups in total. The van der Waals surface area contributed by atoms with Crippen LogP contribution in [0.4, 0.5) is 0 Å². The molecule has 10 atom stereocenters. The predicted octanol–water partition coefficient (Wildman–Crippen LogP) is 6.40. The van der Waals surface area contributed by atoms with Gasteiger partial charge in [0.1, 0.15) is 5.60 Å². The zero-order valence-corrected chi connectivity index (χ0v) is 21.7. The normalized spacial score (nSPS) is 48.2. The highest BCUT2D eigenvalue weighted by Gasteiger charge is 2.67. The monoisotopic (exact) mass is 446 g/mol. The lowest BCUT2D eigenvalue weighted by atomic mass is 9.42. The van der Waals surface area contributed by atoms with E-state index in [0.717, 1.165) is 42.9 Å². The number of hydrogen-bond donors (Lipinski definition) is 2. The molecule has 0 amide bonds. The minimum atomic E-state index is -1.31. The van der Waals surface area contributed by atoms with Crippen LogP contribution in [0.25, 0.3) is 0 Å². The number of hydrogen-bond acceptors (Lipinski definition) is 3. The molecule has 0 saturated heterocycles. The van der Waals surface area contributed by atoms with Crippen LogP contribution < -0.4 is 0 Å². The molecule has 184 valence electrons. The molecule has 0 aliphatic heterocycles. The van der Waals surface area contributed by atoms with Crippen molar-refractivity contribution in [1.82, 2.24) is 0 Å². The molecule has 0 radical (unpaired) electrons. The van der Waals surface area contributed by atoms with Gasteiger partial charge in [0.05, 0.1) is 6.10 Å². The molecule has 0 aromatic carbocycles. The number of Topliss-reactive ketones (excluding diaryl/α,β-unsaturated/α-hetero) is 1. The Morgan fingerprint density at radius 2 is 1.72 bits per heavy atom. The van der Waals surface area contributed by atoms with Crippen molar-refractivity contribution in [2.24, 2.45) is 52.3 Å². The number of aliphatic hydroxyl groups is 2. The van der Waals surface area contributed by atoms with Gasteiger partial charge in [-0.05, 0) is 91.8 Å². The summed E-state index contributed by atoms with van der Waals surface area (Å²) in [6.07, 6.45) is 10.7. The second-order valence-corrected chi connectivity index (χ2v) is 13.4. The lowest BCUT2D eigenvalue weighted by Gasteiger charge is -2.63. The van der Waals surface area contributed by atoms with Gasteiger partial charge in [-0.15, -0.1) is 0 Å². The van der Waals surface area contributed by atoms with Crippen molar-refractivity contribution < 1.29 is 15.0 Å². The summed E-state index contributed by atoms with van der Waals surface area (Å²) in [6.45, 7) is 14.3. The van der Waals surface area contributed by atoms with E-state index in [1.165, 1.54) is 38.5 Å². The number of fused-ring (bicyclic) bond motifs is 5. The van der Waals surface area contributed by atoms with Gasteiger partial charge >= 0.3 is 0 Å². The standard InChI is InChI=1S/C29H50O3/c1-7-20(18(2)3)9-8-19(4)23-10-11-24-22-16-26(31)29(32)17-21(30)12-15-28(29,6)25(22)13-14-27(23,24)5/h18-25,30,32H,7-17H2,1-6H3/t19-,20?,21+,22?,23?,24?,25?,27-,28-,29+/m1/s1. The average Bonchev–Trinajstić information content (AvgIpc) is 3.08. The molecule has 4 aliphatic rings. The molecule has 4 saturated carbocycles. The summed E-state index contributed by atoms with van der Waals surface area (Å²) in [5, 5.41) is 21.8. The molecule has 4 rings (SSSR count). The number of aliphatic hydroxyl groups excluding tert-OH is 1. The van der Waals surface area contributed by atoms with E-state index in [9.17, 15) is 15.0 Å². The van der Waals surface area contributed by atoms with Crippen molar-refractivity contribution in [1.29, 1.82) is 0 Å². The van der Waals surface area contributed by atoms with Crippen LogP contribution in [0, 0.1) is 52.3 Å². The molecular weight excluding hydrogens is 396 g/mol. The molecule has 4 aliphatic carbocycles. The van der Waals surface area contributed by atoms with E-state index in [4.69, 9.17) is 0 Å². The van der Waals surface area contributed by atoms with Crippen LogP contribution in [-0.4, -0.2) is 27.7 Å². The van der Waals surface area contributed by atoms with Gasteiger partial charge < -0.3 is 10.2 Å². The van der Waals surface area contributed by atoms with Crippen LogP contribution in [0.15, 0.2) is 0 Å². The van der Waals surface area contributed by atoms with E-state index in [2.05, 4.69) is 41.5 Å². The van der Waals surface area contributed by atoms with Gasteiger partial charge in [-0.2, -0.15) is 0 Å². The van der Waals surface area contributed by atoms with Crippen molar-refractivity contribution >= 4 is 5.78 Å². The van der Waals surface area contributed by atoms with Gasteiger partial charge in [0.25, 0.3) is 0 Å². The first-order chi connectivity index (χ1) is 15.0. The molecule has 0 spiro atoms. The van der Waals surface area contributed by atoms with Crippen molar-refractivity contribution in [3.8, 4) is 0 Å². The Morgan fingerprint density at radius 3 is 2.38 bits per heavy atom. The van der Waals surface area contributed by atoms with Crippen molar-refractivity contribution in [2.45, 2.75) is 124 Å². The Balaban J connectivity index is 1.52. The summed E-state index contributed by atoms with van der Waals surface area (Å²) < 4.78 is 0. The highest BCUT2D eigenvalue weighted by Crippen LogP contribution is 2.68. The Hall–Kier alpha value is -0.410. The minimum Gasteiger partial charge on any atom is -0.393 e. The Labute approximate surface area is 197 Å². The second kappa shape index (κ2) is 8.67. The van der Waals surface area contributed by atoms with E-state index in [-0.39, 0.29) is 17.6 Å². The lowest BCUT2D eigenvalue weighted by molar-refractivity contribution is -0.213. The number of carbonyl (C=O) groups excluding carboxylic acids is 1. The predicted molar refractivity (Wildman–Crippen MR) is 130 cm³/mol. The van der Waals surface area contributed by atoms with Crippen molar-refractivity contribution in [3.05, 3.63) is 0 Å². The van der Waals surface area contributed by atoms with Gasteiger partial charge in [0.2, 0.25) is 0 Å². The van der Waals surface area contributed by atoms with E-state index in [0.29, 0.717) is 29.6 Å². The molecule has 3 nitrogen and oxygen atoms in total. The molecule has 0 aromatic heterocycles. The molecule has 3 heteroatoms. The third kappa shape index (κ3) is 3.63. The van der Waals surface area contributed by atoms with Gasteiger partial charge in [0.15, 0.2) is 5.78 Å². The fourth-order valence-electron chi connectivity index (χ4n) is 9.68. The van der Waals surface area contributed by atoms with Crippen molar-refractivity contribution in [3.63, 3.8) is 0 Å². The fraction of sp³-hybridized carbons (Fsp3) is 0.966. The van der Waals surface area contributed by atoms with Crippen LogP contribution in [0.1, 0.15) is 112 Å². The zero-order valence-electron chi connectivity index (χ0n) is 21.7. The van der Waals surface area contributed by atoms with Crippen LogP contribution in [-0.2, 0) is 4.79 Å². The minimum absolute atomic E-state index is 0.0310. The second-order valence-electron chi connectivity index (χ2n) is 13.4. The highest BCUT2D eigenvalue weighted by atomic mass is 16.3. The average molecular weight is 447 g/mol. The first kappa shape index (κ1) is 24.7. The van der Waals surface area contributed by atoms with Crippen LogP contribution in [0.5, 0.6) is 0 Å². The molecule has 0 heterocycles. The molecule has 4 fully saturated rings. The smallest absolute Gasteiger partial charge is 0.165 e. The molecular formula is C29H50O3. The third-order valence-corrected chi connectivity index (χ3v) is 11.8. The number of rotatable bonds is 6. The number of carbonyl (C=O) groups is 1. The van der Waals surface area contributed by atoms with E-state index in [1.54, 1.807) is 0 Å². The zero-order chi connectivity index (χ0) is 23.5. The van der Waals surface area contributed by atoms with Gasteiger partial charge in [0, 0.05) is 18.3 Å². The Bertz CT molecular complexity index is 703. The highest BCUT2D eigenvalue weighted by molar-refractivity contribution is 5.89. The summed E-state index contributed by atoms with van der Waals surface area (Å²) in [4.78, 5) is 13.4. The summed E-state index contributed by atoms with van der Waals surface area (Å²) in [5.74, 6) is 4.65. The van der Waals surface area contributed by atoms with E-state index < -0.39 is 11.7 Å². The third-order valence-electron chi connectivity index (χ3n) is 11.8. The number of ketones is 1. The van der Waals surface area contributed by atoms with Gasteiger partial charge in [-0.3, -0.25) is 4.79 Å². The van der Waals surface area contributed by atoms with Gasteiger partial charge in [-0.25, -0.2) is 0 Å². The first-order valence-corrected chi connectivity index (χ1v) is 13.9. The molecule has 0 bridgehead atoms. The summed E-state index contributed by atoms with van der Waals surface area (Å²) in [5.41, 5.74) is -1.32. The Kier molecular flexibility index (Phi) is 6.69. The topological polar surface area (TPSA) is 57.5 Å². The maximum atomic E-state index is 13.4. The molecule has 32 heavy (non-hydrogen) atoms. The summed E-state index contributed by atoms with van der Waals surface area (Å²) in [6, 6.07) is 0. The fourth-order valence-corrected chi connectivity index (χ4v) is 9.68. The largest absolute Gasteiger partial charge is 0.393 e. The van der Waals surface area contributed by atoms with E-state index >= 15 is 0 Å². The van der Waals surface area contributed by atoms with Crippen LogP contribution >= 0.6 is 0 Å².